The van der Waals surface area contributed by atoms with Gasteiger partial charge in [0.05, 0.1) is 11.6 Å². The van der Waals surface area contributed by atoms with Crippen LogP contribution in [0.3, 0.4) is 0 Å². The normalized spacial score (nSPS) is 10.9. The van der Waals surface area contributed by atoms with Crippen LogP contribution in [0.15, 0.2) is 45.8 Å². The van der Waals surface area contributed by atoms with Crippen molar-refractivity contribution in [1.29, 1.82) is 0 Å². The summed E-state index contributed by atoms with van der Waals surface area (Å²) in [6.07, 6.45) is 0. The Hall–Kier alpha value is -2.30. The Balaban J connectivity index is 2.24. The van der Waals surface area contributed by atoms with Crippen LogP contribution < -0.4 is 14.8 Å². The van der Waals surface area contributed by atoms with Gasteiger partial charge in [-0.05, 0) is 52.3 Å². The second-order valence-corrected chi connectivity index (χ2v) is 8.12. The van der Waals surface area contributed by atoms with Crippen LogP contribution >= 0.6 is 27.5 Å². The van der Waals surface area contributed by atoms with Crippen molar-refractivity contribution in [2.45, 2.75) is 4.90 Å². The van der Waals surface area contributed by atoms with Gasteiger partial charge in [-0.15, -0.1) is 0 Å². The number of rotatable bonds is 7. The van der Waals surface area contributed by atoms with Gasteiger partial charge in [-0.1, -0.05) is 11.6 Å². The van der Waals surface area contributed by atoms with Gasteiger partial charge >= 0.3 is 5.97 Å². The summed E-state index contributed by atoms with van der Waals surface area (Å²) >= 11 is 9.13. The summed E-state index contributed by atoms with van der Waals surface area (Å²) in [6.45, 7) is -0.517. The predicted molar refractivity (Wildman–Crippen MR) is 103 cm³/mol. The molecule has 2 aromatic rings. The molecular weight excluding hydrogens is 464 g/mol. The van der Waals surface area contributed by atoms with Gasteiger partial charge in [-0.25, -0.2) is 8.42 Å². The first-order valence-electron chi connectivity index (χ1n) is 7.30. The fraction of sp³-hybridized carbons (Fsp3) is 0.125. The van der Waals surface area contributed by atoms with E-state index in [1.807, 2.05) is 0 Å². The minimum atomic E-state index is -4.02. The highest BCUT2D eigenvalue weighted by Crippen LogP contribution is 2.36. The molecule has 0 fully saturated rings. The van der Waals surface area contributed by atoms with E-state index in [2.05, 4.69) is 26.0 Å². The van der Waals surface area contributed by atoms with Crippen molar-refractivity contribution in [3.63, 3.8) is 0 Å². The number of methoxy groups -OCH3 is 1. The van der Waals surface area contributed by atoms with Crippen molar-refractivity contribution >= 4 is 55.1 Å². The maximum absolute atomic E-state index is 12.7. The molecule has 0 spiro atoms. The number of sulfonamides is 1. The van der Waals surface area contributed by atoms with Crippen molar-refractivity contribution < 1.29 is 27.9 Å². The number of halogens is 2. The summed E-state index contributed by atoms with van der Waals surface area (Å²) in [5.41, 5.74) is 0.380. The average molecular weight is 478 g/mol. The third-order valence-electron chi connectivity index (χ3n) is 3.27. The smallest absolute Gasteiger partial charge is 0.322 e. The van der Waals surface area contributed by atoms with Gasteiger partial charge in [0.2, 0.25) is 0 Å². The maximum Gasteiger partial charge on any atom is 0.322 e. The highest BCUT2D eigenvalue weighted by Gasteiger charge is 2.23. The topological polar surface area (TPSA) is 122 Å². The third kappa shape index (κ3) is 5.34. The molecule has 2 aromatic carbocycles. The second kappa shape index (κ2) is 8.59. The van der Waals surface area contributed by atoms with Crippen LogP contribution in [0.25, 0.3) is 0 Å². The fourth-order valence-corrected chi connectivity index (χ4v) is 4.54. The largest absolute Gasteiger partial charge is 0.494 e. The molecule has 3 N–H and O–H groups in total. The van der Waals surface area contributed by atoms with E-state index >= 15 is 0 Å². The quantitative estimate of drug-likeness (QED) is 0.564. The first-order chi connectivity index (χ1) is 12.6. The van der Waals surface area contributed by atoms with Crippen molar-refractivity contribution in [2.75, 3.05) is 18.4 Å². The number of hydrogen-bond acceptors (Lipinski definition) is 5. The lowest BCUT2D eigenvalue weighted by Gasteiger charge is -2.13. The molecule has 0 saturated carbocycles. The monoisotopic (exact) mass is 476 g/mol. The van der Waals surface area contributed by atoms with Crippen molar-refractivity contribution in [3.8, 4) is 5.75 Å². The van der Waals surface area contributed by atoms with Crippen LogP contribution in [0.1, 0.15) is 10.4 Å². The van der Waals surface area contributed by atoms with Gasteiger partial charge in [0.15, 0.2) is 5.75 Å². The minimum Gasteiger partial charge on any atom is -0.494 e. The van der Waals surface area contributed by atoms with Gasteiger partial charge in [-0.3, -0.25) is 14.3 Å². The van der Waals surface area contributed by atoms with E-state index in [9.17, 15) is 18.0 Å². The van der Waals surface area contributed by atoms with Crippen molar-refractivity contribution in [2.24, 2.45) is 0 Å². The van der Waals surface area contributed by atoms with E-state index in [0.29, 0.717) is 4.47 Å². The van der Waals surface area contributed by atoms with Crippen LogP contribution in [-0.2, 0) is 14.8 Å². The number of aliphatic carboxylic acids is 1. The molecule has 1 amide bonds. The summed E-state index contributed by atoms with van der Waals surface area (Å²) < 4.78 is 33.2. The van der Waals surface area contributed by atoms with Gasteiger partial charge in [0.25, 0.3) is 15.9 Å². The number of benzene rings is 2. The summed E-state index contributed by atoms with van der Waals surface area (Å²) in [5, 5.41) is 11.0. The van der Waals surface area contributed by atoms with E-state index in [-0.39, 0.29) is 26.9 Å². The summed E-state index contributed by atoms with van der Waals surface area (Å²) in [6, 6.07) is 8.23. The number of carbonyl (C=O) groups is 2. The van der Waals surface area contributed by atoms with E-state index < -0.39 is 28.4 Å². The highest BCUT2D eigenvalue weighted by molar-refractivity contribution is 9.10. The first-order valence-corrected chi connectivity index (χ1v) is 9.95. The lowest BCUT2D eigenvalue weighted by Crippen LogP contribution is -2.29. The van der Waals surface area contributed by atoms with E-state index in [4.69, 9.17) is 21.4 Å². The van der Waals surface area contributed by atoms with Crippen LogP contribution in [0.5, 0.6) is 5.75 Å². The first kappa shape index (κ1) is 21.0. The molecule has 0 atom stereocenters. The zero-order valence-electron chi connectivity index (χ0n) is 13.8. The van der Waals surface area contributed by atoms with Crippen LogP contribution in [0.4, 0.5) is 5.69 Å². The Bertz CT molecular complexity index is 979. The SMILES string of the molecule is COc1c(Br)cc(Cl)cc1S(=O)(=O)Nc1ccc(C(=O)NCC(=O)O)cc1. The molecule has 0 aromatic heterocycles. The number of anilines is 1. The maximum atomic E-state index is 12.7. The highest BCUT2D eigenvalue weighted by atomic mass is 79.9. The molecule has 0 unspecified atom stereocenters. The molecule has 2 rings (SSSR count). The molecule has 0 saturated heterocycles. The molecule has 0 aliphatic heterocycles. The number of hydrogen-bond donors (Lipinski definition) is 3. The Morgan fingerprint density at radius 1 is 1.22 bits per heavy atom. The molecule has 0 bridgehead atoms. The van der Waals surface area contributed by atoms with E-state index in [0.717, 1.165) is 0 Å². The van der Waals surface area contributed by atoms with Crippen LogP contribution in [-0.4, -0.2) is 39.1 Å². The van der Waals surface area contributed by atoms with Crippen LogP contribution in [0.2, 0.25) is 5.02 Å². The predicted octanol–water partition coefficient (Wildman–Crippen LogP) is 2.73. The van der Waals surface area contributed by atoms with Gasteiger partial charge < -0.3 is 15.2 Å². The van der Waals surface area contributed by atoms with Crippen molar-refractivity contribution in [1.82, 2.24) is 5.32 Å². The molecule has 0 radical (unpaired) electrons. The van der Waals surface area contributed by atoms with Gasteiger partial charge in [-0.2, -0.15) is 0 Å². The summed E-state index contributed by atoms with van der Waals surface area (Å²) in [5.74, 6) is -1.67. The Morgan fingerprint density at radius 2 is 1.85 bits per heavy atom. The lowest BCUT2D eigenvalue weighted by atomic mass is 10.2. The Morgan fingerprint density at radius 3 is 2.41 bits per heavy atom. The zero-order chi connectivity index (χ0) is 20.2. The van der Waals surface area contributed by atoms with Gasteiger partial charge in [0.1, 0.15) is 11.4 Å². The van der Waals surface area contributed by atoms with Crippen LogP contribution in [0, 0.1) is 0 Å². The molecule has 8 nitrogen and oxygen atoms in total. The standard InChI is InChI=1S/C16H14BrClN2O6S/c1-26-15-12(17)6-10(18)7-13(15)27(24,25)20-11-4-2-9(3-5-11)16(23)19-8-14(21)22/h2-7,20H,8H2,1H3,(H,19,23)(H,21,22). The van der Waals surface area contributed by atoms with Gasteiger partial charge in [0, 0.05) is 16.3 Å². The number of carboxylic acid groups (broad SMARTS) is 1. The molecule has 0 aliphatic carbocycles. The number of amides is 1. The molecule has 27 heavy (non-hydrogen) atoms. The molecule has 11 heteroatoms. The number of carbonyl (C=O) groups excluding carboxylic acids is 1. The molecular formula is C16H14BrClN2O6S. The third-order valence-corrected chi connectivity index (χ3v) is 5.46. The molecule has 0 heterocycles. The van der Waals surface area contributed by atoms with E-state index in [1.165, 1.54) is 43.5 Å². The Labute approximate surface area is 168 Å². The van der Waals surface area contributed by atoms with Crippen molar-refractivity contribution in [3.05, 3.63) is 51.5 Å². The molecule has 144 valence electrons. The van der Waals surface area contributed by atoms with E-state index in [1.54, 1.807) is 0 Å². The lowest BCUT2D eigenvalue weighted by molar-refractivity contribution is -0.135. The second-order valence-electron chi connectivity index (χ2n) is 5.18. The molecule has 0 aliphatic rings. The minimum absolute atomic E-state index is 0.0940. The number of nitrogens with one attached hydrogen (secondary N) is 2. The summed E-state index contributed by atoms with van der Waals surface area (Å²) in [4.78, 5) is 22.1. The average Bonchev–Trinajstić information content (AvgIpc) is 2.59. The summed E-state index contributed by atoms with van der Waals surface area (Å²) in [7, 11) is -2.69. The Kier molecular flexibility index (Phi) is 6.68. The zero-order valence-corrected chi connectivity index (χ0v) is 17.0. The number of carboxylic acids is 1. The fourth-order valence-electron chi connectivity index (χ4n) is 2.09. The number of ether oxygens (including phenoxy) is 1.